The Morgan fingerprint density at radius 2 is 1.13 bits per heavy atom. The number of likely N-dealkylation sites (tertiary alicyclic amines) is 2. The number of H-pyrrole nitrogens is 2. The van der Waals surface area contributed by atoms with Crippen molar-refractivity contribution in [2.24, 2.45) is 23.7 Å². The Bertz CT molecular complexity index is 2340. The maximum atomic E-state index is 14.3. The Balaban J connectivity index is 0.817. The Kier molecular flexibility index (Phi) is 11.4. The van der Waals surface area contributed by atoms with Crippen LogP contribution in [0.15, 0.2) is 54.7 Å². The number of fused-ring (bicyclic) bond motifs is 2. The van der Waals surface area contributed by atoms with Crippen LogP contribution in [0.4, 0.5) is 9.59 Å². The summed E-state index contributed by atoms with van der Waals surface area (Å²) in [6.45, 7) is 2.21. The highest BCUT2D eigenvalue weighted by atomic mass is 35.5. The third kappa shape index (κ3) is 8.17. The van der Waals surface area contributed by atoms with Gasteiger partial charge in [0.2, 0.25) is 11.8 Å². The summed E-state index contributed by atoms with van der Waals surface area (Å²) in [5, 5.41) is 6.02. The van der Waals surface area contributed by atoms with Gasteiger partial charge in [-0.15, -0.1) is 0 Å². The summed E-state index contributed by atoms with van der Waals surface area (Å²) < 4.78 is 20.9. The number of methoxy groups -OCH3 is 2. The number of hydrogen-bond donors (Lipinski definition) is 4. The van der Waals surface area contributed by atoms with E-state index < -0.39 is 24.3 Å². The number of nitrogens with one attached hydrogen (secondary N) is 4. The summed E-state index contributed by atoms with van der Waals surface area (Å²) >= 11 is 6.80. The summed E-state index contributed by atoms with van der Waals surface area (Å²) in [5.74, 6) is 1.92. The molecule has 16 nitrogen and oxygen atoms in total. The van der Waals surface area contributed by atoms with Crippen LogP contribution >= 0.6 is 11.6 Å². The van der Waals surface area contributed by atoms with Gasteiger partial charge in [-0.05, 0) is 91.7 Å². The molecule has 6 heterocycles. The number of halogens is 1. The second-order valence-corrected chi connectivity index (χ2v) is 18.2. The molecule has 4 amide bonds. The molecule has 4 aromatic rings. The van der Waals surface area contributed by atoms with Gasteiger partial charge in [0.1, 0.15) is 23.7 Å². The summed E-state index contributed by atoms with van der Waals surface area (Å²) in [4.78, 5) is 73.6. The zero-order valence-electron chi connectivity index (χ0n) is 35.4. The number of benzene rings is 2. The number of alkyl carbamates (subject to hydrolysis) is 2. The first-order valence-corrected chi connectivity index (χ1v) is 22.6. The molecule has 8 atom stereocenters. The monoisotopic (exact) mass is 880 g/mol. The molecule has 17 heteroatoms. The average Bonchev–Trinajstić information content (AvgIpc) is 3.97. The molecule has 2 saturated carbocycles. The van der Waals surface area contributed by atoms with Crippen molar-refractivity contribution in [2.75, 3.05) is 40.6 Å². The highest BCUT2D eigenvalue weighted by Gasteiger charge is 2.58. The van der Waals surface area contributed by atoms with Crippen LogP contribution in [-0.4, -0.2) is 119 Å². The van der Waals surface area contributed by atoms with Crippen molar-refractivity contribution < 1.29 is 38.1 Å². The van der Waals surface area contributed by atoms with Crippen LogP contribution in [0.25, 0.3) is 33.6 Å². The Morgan fingerprint density at radius 3 is 1.62 bits per heavy atom. The molecule has 2 aliphatic carbocycles. The fourth-order valence-electron chi connectivity index (χ4n) is 10.6. The lowest BCUT2D eigenvalue weighted by Crippen LogP contribution is -2.54. The van der Waals surface area contributed by atoms with Gasteiger partial charge in [-0.25, -0.2) is 19.6 Å². The van der Waals surface area contributed by atoms with E-state index >= 15 is 0 Å². The predicted octanol–water partition coefficient (Wildman–Crippen LogP) is 6.41. The van der Waals surface area contributed by atoms with E-state index in [9.17, 15) is 19.2 Å². The van der Waals surface area contributed by atoms with Gasteiger partial charge < -0.3 is 49.3 Å². The molecule has 2 aromatic heterocycles. The van der Waals surface area contributed by atoms with Gasteiger partial charge in [-0.2, -0.15) is 0 Å². The van der Waals surface area contributed by atoms with E-state index in [1.807, 2.05) is 40.3 Å². The first kappa shape index (κ1) is 41.6. The number of piperidine rings is 2. The molecule has 0 bridgehead atoms. The molecule has 4 aliphatic heterocycles. The van der Waals surface area contributed by atoms with Gasteiger partial charge in [0.05, 0.1) is 43.9 Å². The number of hydrogen-bond acceptors (Lipinski definition) is 10. The van der Waals surface area contributed by atoms with E-state index in [0.717, 1.165) is 59.5 Å². The minimum atomic E-state index is -0.711. The van der Waals surface area contributed by atoms with E-state index in [1.54, 1.807) is 0 Å². The molecular weight excluding hydrogens is 828 g/mol. The second-order valence-electron chi connectivity index (χ2n) is 17.9. The molecule has 6 fully saturated rings. The smallest absolute Gasteiger partial charge is 0.407 e. The lowest BCUT2D eigenvalue weighted by molar-refractivity contribution is -0.138. The number of ether oxygens (including phenoxy) is 4. The first-order valence-electron chi connectivity index (χ1n) is 22.2. The van der Waals surface area contributed by atoms with Crippen molar-refractivity contribution in [2.45, 2.75) is 87.6 Å². The minimum absolute atomic E-state index is 0.0281. The van der Waals surface area contributed by atoms with Crippen LogP contribution in [0.3, 0.4) is 0 Å². The molecule has 2 aromatic carbocycles. The van der Waals surface area contributed by atoms with E-state index in [2.05, 4.69) is 44.9 Å². The number of carbonyl (C=O) groups is 4. The quantitative estimate of drug-likeness (QED) is 0.131. The summed E-state index contributed by atoms with van der Waals surface area (Å²) in [6, 6.07) is 14.7. The van der Waals surface area contributed by atoms with Gasteiger partial charge >= 0.3 is 12.2 Å². The van der Waals surface area contributed by atoms with Crippen molar-refractivity contribution in [3.63, 3.8) is 0 Å². The topological polar surface area (TPSA) is 193 Å². The maximum absolute atomic E-state index is 14.3. The molecule has 0 spiro atoms. The van der Waals surface area contributed by atoms with Gasteiger partial charge in [-0.1, -0.05) is 60.1 Å². The number of rotatable bonds is 11. The van der Waals surface area contributed by atoms with E-state index in [-0.39, 0.29) is 47.8 Å². The Labute approximate surface area is 370 Å². The van der Waals surface area contributed by atoms with Crippen LogP contribution in [0.5, 0.6) is 0 Å². The molecule has 63 heavy (non-hydrogen) atoms. The van der Waals surface area contributed by atoms with Crippen molar-refractivity contribution >= 4 is 35.6 Å². The van der Waals surface area contributed by atoms with Gasteiger partial charge in [-0.3, -0.25) is 9.59 Å². The number of imidazole rings is 2. The van der Waals surface area contributed by atoms with Crippen LogP contribution in [0, 0.1) is 23.7 Å². The van der Waals surface area contributed by atoms with E-state index in [1.165, 1.54) is 14.2 Å². The lowest BCUT2D eigenvalue weighted by atomic mass is 9.90. The molecule has 10 rings (SSSR count). The SMILES string of the molecule is COC(=O)N[C@H](C(=O)N1[C@@H]2CC2C[C@H]1c1nc(Cl)c(-c2ccc(-c3ccc(-c4cnc([C@@H]5C[C@H]6C[C@H]6N5C(=O)[C@@H](NC(=O)OC)C5CCOCC5)[nH]4)cc3)cc2)[nH]1)C1CCOCC1. The van der Waals surface area contributed by atoms with Crippen molar-refractivity contribution in [1.82, 2.24) is 40.4 Å². The molecule has 4 saturated heterocycles. The van der Waals surface area contributed by atoms with Gasteiger partial charge in [0.25, 0.3) is 0 Å². The van der Waals surface area contributed by atoms with Crippen LogP contribution < -0.4 is 10.6 Å². The fourth-order valence-corrected chi connectivity index (χ4v) is 10.9. The highest BCUT2D eigenvalue weighted by Crippen LogP contribution is 2.55. The highest BCUT2D eigenvalue weighted by molar-refractivity contribution is 6.32. The molecule has 6 aliphatic rings. The Hall–Kier alpha value is -5.45. The van der Waals surface area contributed by atoms with Crippen LogP contribution in [0.1, 0.15) is 75.1 Å². The minimum Gasteiger partial charge on any atom is -0.453 e. The molecule has 0 radical (unpaired) electrons. The Morgan fingerprint density at radius 1 is 0.667 bits per heavy atom. The third-order valence-corrected chi connectivity index (χ3v) is 14.5. The summed E-state index contributed by atoms with van der Waals surface area (Å²) in [6.07, 6.45) is 6.85. The zero-order valence-corrected chi connectivity index (χ0v) is 36.1. The van der Waals surface area contributed by atoms with E-state index in [4.69, 9.17) is 40.5 Å². The second kappa shape index (κ2) is 17.3. The van der Waals surface area contributed by atoms with Crippen LogP contribution in [-0.2, 0) is 28.5 Å². The molecular formula is C46H53ClN8O8. The number of carbonyl (C=O) groups excluding carboxylic acids is 4. The summed E-state index contributed by atoms with van der Waals surface area (Å²) in [7, 11) is 2.62. The van der Waals surface area contributed by atoms with Crippen molar-refractivity contribution in [1.29, 1.82) is 0 Å². The number of aromatic amines is 2. The molecule has 4 N–H and O–H groups in total. The molecule has 332 valence electrons. The normalized spacial score (nSPS) is 26.3. The summed E-state index contributed by atoms with van der Waals surface area (Å²) in [5.41, 5.74) is 5.44. The maximum Gasteiger partial charge on any atom is 0.407 e. The average molecular weight is 881 g/mol. The van der Waals surface area contributed by atoms with Crippen LogP contribution in [0.2, 0.25) is 5.15 Å². The predicted molar refractivity (Wildman–Crippen MR) is 230 cm³/mol. The lowest BCUT2D eigenvalue weighted by Gasteiger charge is -2.35. The zero-order chi connectivity index (χ0) is 43.4. The molecule has 1 unspecified atom stereocenters. The van der Waals surface area contributed by atoms with Gasteiger partial charge in [0, 0.05) is 44.1 Å². The van der Waals surface area contributed by atoms with E-state index in [0.29, 0.717) is 80.6 Å². The number of nitrogens with zero attached hydrogens (tertiary/aromatic N) is 4. The fraction of sp³-hybridized carbons (Fsp3) is 0.522. The largest absolute Gasteiger partial charge is 0.453 e. The first-order chi connectivity index (χ1) is 30.7. The number of aromatic nitrogens is 4. The van der Waals surface area contributed by atoms with Crippen molar-refractivity contribution in [3.8, 4) is 33.6 Å². The third-order valence-electron chi connectivity index (χ3n) is 14.2. The van der Waals surface area contributed by atoms with Gasteiger partial charge in [0.15, 0.2) is 5.15 Å². The standard InChI is InChI=1S/C46H53ClN8O8/c1-60-45(58)51-38(28-11-15-62-16-12-28)43(56)54-33-19-30(33)21-35(54)41-48-23-32(49-41)26-7-3-24(4-8-26)25-5-9-27(10-6-25)37-40(47)53-42(50-37)36-22-31-20-34(31)55(36)44(57)39(52-46(59)61-2)29-13-17-63-18-14-29/h3-10,23,28-31,33-36,38-39H,11-22H2,1-2H3,(H,48,49)(H,50,53)(H,51,58)(H,52,59)/t30-,31?,33-,34-,35+,36+,38+,39+/m1/s1. The number of amides is 4. The van der Waals surface area contributed by atoms with Crippen molar-refractivity contribution in [3.05, 3.63) is 71.5 Å².